The average Bonchev–Trinajstić information content (AvgIpc) is 3.43. The maximum Gasteiger partial charge on any atom is 0.416 e. The van der Waals surface area contributed by atoms with Gasteiger partial charge in [-0.05, 0) is 43.7 Å². The van der Waals surface area contributed by atoms with Crippen molar-refractivity contribution in [2.45, 2.75) is 32.0 Å². The third kappa shape index (κ3) is 4.66. The molecule has 0 unspecified atom stereocenters. The number of piperidine rings is 1. The van der Waals surface area contributed by atoms with Crippen LogP contribution in [-0.2, 0) is 6.18 Å². The Bertz CT molecular complexity index is 1050. The lowest BCUT2D eigenvalue weighted by molar-refractivity contribution is -0.137. The summed E-state index contributed by atoms with van der Waals surface area (Å²) in [6, 6.07) is 9.67. The van der Waals surface area contributed by atoms with Gasteiger partial charge in [-0.1, -0.05) is 19.1 Å². The largest absolute Gasteiger partial charge is 0.451 e. The summed E-state index contributed by atoms with van der Waals surface area (Å²) in [5.74, 6) is 0.292. The number of aromatic nitrogens is 2. The molecule has 31 heavy (non-hydrogen) atoms. The summed E-state index contributed by atoms with van der Waals surface area (Å²) < 4.78 is 46.2. The molecule has 0 bridgehead atoms. The quantitative estimate of drug-likeness (QED) is 0.611. The van der Waals surface area contributed by atoms with Crippen LogP contribution < -0.4 is 5.32 Å². The van der Waals surface area contributed by atoms with E-state index < -0.39 is 17.6 Å². The van der Waals surface area contributed by atoms with Crippen LogP contribution in [0, 0.1) is 0 Å². The van der Waals surface area contributed by atoms with Gasteiger partial charge >= 0.3 is 6.18 Å². The lowest BCUT2D eigenvalue weighted by Crippen LogP contribution is -2.35. The van der Waals surface area contributed by atoms with Gasteiger partial charge in [0.15, 0.2) is 5.76 Å². The highest BCUT2D eigenvalue weighted by molar-refractivity contribution is 6.02. The number of rotatable bonds is 5. The molecule has 3 aromatic rings. The first-order valence-corrected chi connectivity index (χ1v) is 10.2. The van der Waals surface area contributed by atoms with Gasteiger partial charge in [-0.3, -0.25) is 4.79 Å². The molecule has 6 nitrogen and oxygen atoms in total. The fourth-order valence-corrected chi connectivity index (χ4v) is 3.83. The van der Waals surface area contributed by atoms with Gasteiger partial charge in [-0.15, -0.1) is 0 Å². The maximum absolute atomic E-state index is 13.0. The molecular formula is C22H23F3N4O2. The standard InChI is InChI=1S/C22H23F3N4O2/c1-2-28-12-9-17(10-13-28)29-20(8-11-26-29)27-21(30)19-7-6-18(31-19)15-4-3-5-16(14-15)22(23,24)25/h3-8,11,14,17H,2,9-10,12-13H2,1H3,(H,27,30). The number of carbonyl (C=O) groups is 1. The van der Waals surface area contributed by atoms with Gasteiger partial charge in [0.05, 0.1) is 17.8 Å². The molecule has 1 aliphatic heterocycles. The number of nitrogens with one attached hydrogen (secondary N) is 1. The topological polar surface area (TPSA) is 63.3 Å². The predicted octanol–water partition coefficient (Wildman–Crippen LogP) is 5.07. The lowest BCUT2D eigenvalue weighted by atomic mass is 10.1. The highest BCUT2D eigenvalue weighted by Gasteiger charge is 2.30. The van der Waals surface area contributed by atoms with Crippen molar-refractivity contribution in [1.82, 2.24) is 14.7 Å². The van der Waals surface area contributed by atoms with Crippen LogP contribution in [0.15, 0.2) is 53.1 Å². The molecule has 4 rings (SSSR count). The van der Waals surface area contributed by atoms with Gasteiger partial charge < -0.3 is 14.6 Å². The normalized spacial score (nSPS) is 15.9. The first kappa shape index (κ1) is 21.2. The van der Waals surface area contributed by atoms with Crippen molar-refractivity contribution in [2.75, 3.05) is 25.0 Å². The van der Waals surface area contributed by atoms with Crippen LogP contribution in [0.2, 0.25) is 0 Å². The van der Waals surface area contributed by atoms with Gasteiger partial charge in [-0.25, -0.2) is 4.68 Å². The van der Waals surface area contributed by atoms with Gasteiger partial charge in [0.2, 0.25) is 0 Å². The molecule has 0 radical (unpaired) electrons. The fourth-order valence-electron chi connectivity index (χ4n) is 3.83. The minimum atomic E-state index is -4.45. The van der Waals surface area contributed by atoms with Crippen LogP contribution in [0.25, 0.3) is 11.3 Å². The van der Waals surface area contributed by atoms with E-state index in [0.717, 1.165) is 44.6 Å². The third-order valence-electron chi connectivity index (χ3n) is 5.57. The molecular weight excluding hydrogens is 409 g/mol. The van der Waals surface area contributed by atoms with Crippen molar-refractivity contribution in [1.29, 1.82) is 0 Å². The number of amides is 1. The number of furan rings is 1. The molecule has 1 aromatic carbocycles. The number of anilines is 1. The van der Waals surface area contributed by atoms with E-state index in [1.54, 1.807) is 12.3 Å². The lowest BCUT2D eigenvalue weighted by Gasteiger charge is -2.31. The van der Waals surface area contributed by atoms with Crippen molar-refractivity contribution in [2.24, 2.45) is 0 Å². The number of alkyl halides is 3. The van der Waals surface area contributed by atoms with Gasteiger partial charge in [0.1, 0.15) is 11.6 Å². The van der Waals surface area contributed by atoms with Gasteiger partial charge in [-0.2, -0.15) is 18.3 Å². The van der Waals surface area contributed by atoms with E-state index in [0.29, 0.717) is 5.82 Å². The molecule has 9 heteroatoms. The summed E-state index contributed by atoms with van der Waals surface area (Å²) in [7, 11) is 0. The van der Waals surface area contributed by atoms with Crippen molar-refractivity contribution >= 4 is 11.7 Å². The second-order valence-corrected chi connectivity index (χ2v) is 7.52. The number of likely N-dealkylation sites (tertiary alicyclic amines) is 1. The minimum Gasteiger partial charge on any atom is -0.451 e. The Morgan fingerprint density at radius 1 is 1.19 bits per heavy atom. The highest BCUT2D eigenvalue weighted by atomic mass is 19.4. The van der Waals surface area contributed by atoms with Crippen LogP contribution in [0.1, 0.15) is 41.9 Å². The van der Waals surface area contributed by atoms with E-state index in [-0.39, 0.29) is 23.1 Å². The Labute approximate surface area is 177 Å². The smallest absolute Gasteiger partial charge is 0.416 e. The molecule has 1 aliphatic rings. The Morgan fingerprint density at radius 3 is 2.68 bits per heavy atom. The number of carbonyl (C=O) groups excluding carboxylic acids is 1. The van der Waals surface area contributed by atoms with Crippen LogP contribution in [-0.4, -0.2) is 40.2 Å². The van der Waals surface area contributed by atoms with Gasteiger partial charge in [0.25, 0.3) is 5.91 Å². The Balaban J connectivity index is 1.47. The average molecular weight is 432 g/mol. The Morgan fingerprint density at radius 2 is 1.97 bits per heavy atom. The van der Waals surface area contributed by atoms with Crippen LogP contribution >= 0.6 is 0 Å². The molecule has 0 atom stereocenters. The van der Waals surface area contributed by atoms with E-state index in [4.69, 9.17) is 4.42 Å². The highest BCUT2D eigenvalue weighted by Crippen LogP contribution is 2.33. The zero-order valence-corrected chi connectivity index (χ0v) is 17.0. The van der Waals surface area contributed by atoms with E-state index in [1.165, 1.54) is 24.3 Å². The van der Waals surface area contributed by atoms with Crippen LogP contribution in [0.5, 0.6) is 0 Å². The van der Waals surface area contributed by atoms with E-state index in [1.807, 2.05) is 4.68 Å². The number of hydrogen-bond acceptors (Lipinski definition) is 4. The zero-order chi connectivity index (χ0) is 22.0. The second kappa shape index (κ2) is 8.58. The van der Waals surface area contributed by atoms with Crippen LogP contribution in [0.3, 0.4) is 0 Å². The number of nitrogens with zero attached hydrogens (tertiary/aromatic N) is 3. The van der Waals surface area contributed by atoms with Crippen molar-refractivity contribution in [3.05, 3.63) is 60.0 Å². The molecule has 1 N–H and O–H groups in total. The minimum absolute atomic E-state index is 0.0148. The zero-order valence-electron chi connectivity index (χ0n) is 17.0. The molecule has 0 aliphatic carbocycles. The number of benzene rings is 1. The molecule has 3 heterocycles. The van der Waals surface area contributed by atoms with E-state index in [2.05, 4.69) is 22.2 Å². The SMILES string of the molecule is CCN1CCC(n2nccc2NC(=O)c2ccc(-c3cccc(C(F)(F)F)c3)o2)CC1. The maximum atomic E-state index is 13.0. The summed E-state index contributed by atoms with van der Waals surface area (Å²) in [4.78, 5) is 15.1. The number of hydrogen-bond donors (Lipinski definition) is 1. The Kier molecular flexibility index (Phi) is 5.86. The molecule has 0 saturated carbocycles. The van der Waals surface area contributed by atoms with Crippen molar-refractivity contribution < 1.29 is 22.4 Å². The monoisotopic (exact) mass is 432 g/mol. The van der Waals surface area contributed by atoms with E-state index >= 15 is 0 Å². The summed E-state index contributed by atoms with van der Waals surface area (Å²) >= 11 is 0. The molecule has 164 valence electrons. The van der Waals surface area contributed by atoms with Crippen molar-refractivity contribution in [3.63, 3.8) is 0 Å². The second-order valence-electron chi connectivity index (χ2n) is 7.52. The van der Waals surface area contributed by atoms with Gasteiger partial charge in [0, 0.05) is 24.7 Å². The molecule has 1 fully saturated rings. The molecule has 1 amide bonds. The molecule has 1 saturated heterocycles. The first-order valence-electron chi connectivity index (χ1n) is 10.2. The fraction of sp³-hybridized carbons (Fsp3) is 0.364. The van der Waals surface area contributed by atoms with E-state index in [9.17, 15) is 18.0 Å². The predicted molar refractivity (Wildman–Crippen MR) is 110 cm³/mol. The number of halogens is 3. The summed E-state index contributed by atoms with van der Waals surface area (Å²) in [5.41, 5.74) is -0.521. The third-order valence-corrected chi connectivity index (χ3v) is 5.57. The summed E-state index contributed by atoms with van der Waals surface area (Å²) in [6.07, 6.45) is -0.926. The molecule has 2 aromatic heterocycles. The van der Waals surface area contributed by atoms with Crippen LogP contribution in [0.4, 0.5) is 19.0 Å². The Hall–Kier alpha value is -3.07. The van der Waals surface area contributed by atoms with Crippen molar-refractivity contribution in [3.8, 4) is 11.3 Å². The summed E-state index contributed by atoms with van der Waals surface area (Å²) in [6.45, 7) is 5.11. The first-order chi connectivity index (χ1) is 14.8. The molecule has 0 spiro atoms. The summed E-state index contributed by atoms with van der Waals surface area (Å²) in [5, 5.41) is 7.17.